The first kappa shape index (κ1) is 10.4. The first-order chi connectivity index (χ1) is 7.66. The van der Waals surface area contributed by atoms with E-state index in [4.69, 9.17) is 4.74 Å². The van der Waals surface area contributed by atoms with Crippen molar-refractivity contribution in [2.75, 3.05) is 14.2 Å². The van der Waals surface area contributed by atoms with Crippen molar-refractivity contribution < 1.29 is 14.3 Å². The third-order valence-corrected chi connectivity index (χ3v) is 2.52. The van der Waals surface area contributed by atoms with E-state index >= 15 is 0 Å². The molecule has 2 amide bonds. The zero-order valence-corrected chi connectivity index (χ0v) is 9.06. The molecule has 0 saturated carbocycles. The van der Waals surface area contributed by atoms with Gasteiger partial charge in [-0.05, 0) is 6.07 Å². The highest BCUT2D eigenvalue weighted by atomic mass is 16.5. The van der Waals surface area contributed by atoms with Gasteiger partial charge in [-0.15, -0.1) is 0 Å². The average molecular weight is 217 g/mol. The summed E-state index contributed by atoms with van der Waals surface area (Å²) in [6.45, 7) is 0. The molecule has 0 fully saturated rings. The van der Waals surface area contributed by atoms with Crippen LogP contribution in [0.2, 0.25) is 0 Å². The zero-order valence-electron chi connectivity index (χ0n) is 9.06. The molecule has 0 unspecified atom stereocenters. The molecule has 0 spiro atoms. The number of nitrogens with zero attached hydrogens (tertiary/aromatic N) is 1. The minimum atomic E-state index is -0.342. The fourth-order valence-corrected chi connectivity index (χ4v) is 1.71. The highest BCUT2D eigenvalue weighted by Crippen LogP contribution is 2.27. The largest absolute Gasteiger partial charge is 0.504 e. The van der Waals surface area contributed by atoms with E-state index in [1.807, 2.05) is 0 Å². The van der Waals surface area contributed by atoms with Gasteiger partial charge in [-0.25, -0.2) is 0 Å². The maximum absolute atomic E-state index is 11.8. The summed E-state index contributed by atoms with van der Waals surface area (Å²) in [5.41, 5.74) is 1.55. The maximum Gasteiger partial charge on any atom is 0.264 e. The number of imide groups is 1. The number of methoxy groups -OCH3 is 1. The Kier molecular flexibility index (Phi) is 2.48. The highest BCUT2D eigenvalue weighted by molar-refractivity contribution is 6.30. The molecule has 1 aromatic carbocycles. The number of carbonyl (C=O) groups is 2. The summed E-state index contributed by atoms with van der Waals surface area (Å²) in [5, 5.41) is 0. The second-order valence-corrected chi connectivity index (χ2v) is 3.48. The van der Waals surface area contributed by atoms with Crippen LogP contribution in [0.25, 0.3) is 5.57 Å². The van der Waals surface area contributed by atoms with E-state index < -0.39 is 0 Å². The van der Waals surface area contributed by atoms with Crippen LogP contribution < -0.4 is 0 Å². The van der Waals surface area contributed by atoms with Gasteiger partial charge in [-0.1, -0.05) is 18.2 Å². The summed E-state index contributed by atoms with van der Waals surface area (Å²) in [5.74, 6) is -0.626. The predicted molar refractivity (Wildman–Crippen MR) is 58.5 cm³/mol. The second-order valence-electron chi connectivity index (χ2n) is 3.48. The molecule has 0 radical (unpaired) electrons. The molecule has 0 atom stereocenters. The highest BCUT2D eigenvalue weighted by Gasteiger charge is 2.32. The summed E-state index contributed by atoms with van der Waals surface area (Å²) in [6.07, 6.45) is 1.37. The van der Waals surface area contributed by atoms with Crippen molar-refractivity contribution in [2.45, 2.75) is 0 Å². The molecule has 1 aliphatic rings. The molecule has 1 aromatic rings. The average Bonchev–Trinajstić information content (AvgIpc) is 2.32. The van der Waals surface area contributed by atoms with Crippen molar-refractivity contribution >= 4 is 17.4 Å². The summed E-state index contributed by atoms with van der Waals surface area (Å²) in [6, 6.07) is 6.99. The number of fused-ring (bicyclic) bond motifs is 1. The molecule has 0 saturated heterocycles. The van der Waals surface area contributed by atoms with Crippen molar-refractivity contribution in [3.05, 3.63) is 41.7 Å². The summed E-state index contributed by atoms with van der Waals surface area (Å²) >= 11 is 0. The van der Waals surface area contributed by atoms with Gasteiger partial charge >= 0.3 is 0 Å². The van der Waals surface area contributed by atoms with E-state index in [0.29, 0.717) is 16.7 Å². The smallest absolute Gasteiger partial charge is 0.264 e. The Balaban J connectivity index is 2.66. The monoisotopic (exact) mass is 217 g/mol. The Morgan fingerprint density at radius 1 is 1.12 bits per heavy atom. The number of hydrogen-bond acceptors (Lipinski definition) is 3. The van der Waals surface area contributed by atoms with Crippen LogP contribution in [0.3, 0.4) is 0 Å². The number of likely N-dealkylation sites (N-methyl/N-ethyl adjacent to an activating group) is 1. The Labute approximate surface area is 93.1 Å². The Morgan fingerprint density at radius 3 is 2.38 bits per heavy atom. The maximum atomic E-state index is 11.8. The van der Waals surface area contributed by atoms with E-state index in [1.54, 1.807) is 24.3 Å². The third kappa shape index (κ3) is 1.39. The molecule has 0 aliphatic carbocycles. The lowest BCUT2D eigenvalue weighted by Crippen LogP contribution is -2.38. The Bertz CT molecular complexity index is 491. The molecule has 4 nitrogen and oxygen atoms in total. The van der Waals surface area contributed by atoms with Gasteiger partial charge in [0.2, 0.25) is 0 Å². The third-order valence-electron chi connectivity index (χ3n) is 2.52. The van der Waals surface area contributed by atoms with Crippen LogP contribution in [0.4, 0.5) is 0 Å². The van der Waals surface area contributed by atoms with Gasteiger partial charge in [0, 0.05) is 18.2 Å². The lowest BCUT2D eigenvalue weighted by Gasteiger charge is -2.24. The van der Waals surface area contributed by atoms with Gasteiger partial charge in [0.05, 0.1) is 18.9 Å². The first-order valence-corrected chi connectivity index (χ1v) is 4.81. The van der Waals surface area contributed by atoms with Gasteiger partial charge in [0.25, 0.3) is 11.8 Å². The Hall–Kier alpha value is -2.10. The van der Waals surface area contributed by atoms with Crippen molar-refractivity contribution in [3.63, 3.8) is 0 Å². The molecule has 16 heavy (non-hydrogen) atoms. The SMILES string of the molecule is COC=C1C(=O)N(C)C(=O)c2ccccc21. The lowest BCUT2D eigenvalue weighted by molar-refractivity contribution is -0.121. The number of hydrogen-bond donors (Lipinski definition) is 0. The minimum Gasteiger partial charge on any atom is -0.504 e. The van der Waals surface area contributed by atoms with Crippen LogP contribution >= 0.6 is 0 Å². The number of carbonyl (C=O) groups excluding carboxylic acids is 2. The molecule has 4 heteroatoms. The lowest BCUT2D eigenvalue weighted by atomic mass is 9.95. The number of ether oxygens (including phenoxy) is 1. The molecule has 1 heterocycles. The van der Waals surface area contributed by atoms with E-state index in [0.717, 1.165) is 4.90 Å². The molecular weight excluding hydrogens is 206 g/mol. The molecular formula is C12H11NO3. The quantitative estimate of drug-likeness (QED) is 0.404. The van der Waals surface area contributed by atoms with Gasteiger partial charge in [0.15, 0.2) is 0 Å². The van der Waals surface area contributed by atoms with Crippen molar-refractivity contribution in [2.24, 2.45) is 0 Å². The predicted octanol–water partition coefficient (Wildman–Crippen LogP) is 1.29. The van der Waals surface area contributed by atoms with Crippen molar-refractivity contribution in [3.8, 4) is 0 Å². The molecule has 0 N–H and O–H groups in total. The molecule has 0 bridgehead atoms. The van der Waals surface area contributed by atoms with E-state index in [1.165, 1.54) is 20.4 Å². The van der Waals surface area contributed by atoms with Crippen molar-refractivity contribution in [1.29, 1.82) is 0 Å². The van der Waals surface area contributed by atoms with Gasteiger partial charge in [0.1, 0.15) is 0 Å². The fourth-order valence-electron chi connectivity index (χ4n) is 1.71. The number of rotatable bonds is 1. The molecule has 82 valence electrons. The molecule has 0 aromatic heterocycles. The van der Waals surface area contributed by atoms with Crippen LogP contribution in [0.1, 0.15) is 15.9 Å². The van der Waals surface area contributed by atoms with Crippen LogP contribution in [-0.2, 0) is 9.53 Å². The molecule has 1 aliphatic heterocycles. The fraction of sp³-hybridized carbons (Fsp3) is 0.167. The first-order valence-electron chi connectivity index (χ1n) is 4.81. The van der Waals surface area contributed by atoms with E-state index in [-0.39, 0.29) is 11.8 Å². The zero-order chi connectivity index (χ0) is 11.7. The summed E-state index contributed by atoms with van der Waals surface area (Å²) < 4.78 is 4.87. The topological polar surface area (TPSA) is 46.6 Å². The van der Waals surface area contributed by atoms with Gasteiger partial charge in [-0.3, -0.25) is 14.5 Å². The van der Waals surface area contributed by atoms with Crippen LogP contribution in [0.5, 0.6) is 0 Å². The Morgan fingerprint density at radius 2 is 1.75 bits per heavy atom. The standard InChI is InChI=1S/C12H11NO3/c1-13-11(14)9-6-4-3-5-8(9)10(7-16-2)12(13)15/h3-7H,1-2H3. The summed E-state index contributed by atoms with van der Waals surface area (Å²) in [4.78, 5) is 24.7. The summed E-state index contributed by atoms with van der Waals surface area (Å²) in [7, 11) is 2.93. The van der Waals surface area contributed by atoms with Gasteiger partial charge in [-0.2, -0.15) is 0 Å². The number of amides is 2. The van der Waals surface area contributed by atoms with Crippen molar-refractivity contribution in [1.82, 2.24) is 4.90 Å². The van der Waals surface area contributed by atoms with Crippen LogP contribution in [-0.4, -0.2) is 30.9 Å². The number of benzene rings is 1. The normalized spacial score (nSPS) is 17.6. The van der Waals surface area contributed by atoms with Crippen LogP contribution in [0, 0.1) is 0 Å². The van der Waals surface area contributed by atoms with E-state index in [9.17, 15) is 9.59 Å². The second kappa shape index (κ2) is 3.81. The molecule has 2 rings (SSSR count). The van der Waals surface area contributed by atoms with Crippen LogP contribution in [0.15, 0.2) is 30.5 Å². The van der Waals surface area contributed by atoms with E-state index in [2.05, 4.69) is 0 Å². The minimum absolute atomic E-state index is 0.283. The van der Waals surface area contributed by atoms with Gasteiger partial charge < -0.3 is 4.74 Å².